The second-order valence-corrected chi connectivity index (χ2v) is 7.00. The van der Waals surface area contributed by atoms with Crippen molar-refractivity contribution in [1.29, 1.82) is 0 Å². The second kappa shape index (κ2) is 8.38. The Morgan fingerprint density at radius 3 is 2.83 bits per heavy atom. The van der Waals surface area contributed by atoms with Gasteiger partial charge < -0.3 is 14.2 Å². The number of carbonyl (C=O) groups excluding carboxylic acids is 1. The van der Waals surface area contributed by atoms with E-state index in [0.717, 1.165) is 5.56 Å². The lowest BCUT2D eigenvalue weighted by molar-refractivity contribution is 0.0770. The summed E-state index contributed by atoms with van der Waals surface area (Å²) >= 11 is 0. The highest BCUT2D eigenvalue weighted by atomic mass is 19.1. The highest BCUT2D eigenvalue weighted by Gasteiger charge is 2.29. The second-order valence-electron chi connectivity index (χ2n) is 7.00. The maximum Gasteiger partial charge on any atom is 0.254 e. The lowest BCUT2D eigenvalue weighted by Crippen LogP contribution is -2.31. The first-order chi connectivity index (χ1) is 14.1. The standard InChI is InChI=1S/C21H22FN5O2/c1-2-18-19(22)20(25-13-24-18)29-17-7-9-27(12-17)21(28)16-5-3-15(4-6-16)11-26-10-8-23-14-26/h3-6,8,10,13-14,17H,2,7,9,11-12H2,1H3/t17-/m0/s1. The van der Waals surface area contributed by atoms with Crippen molar-refractivity contribution in [2.75, 3.05) is 13.1 Å². The summed E-state index contributed by atoms with van der Waals surface area (Å²) in [7, 11) is 0. The molecular weight excluding hydrogens is 373 g/mol. The molecule has 1 aromatic carbocycles. The van der Waals surface area contributed by atoms with E-state index in [-0.39, 0.29) is 17.9 Å². The van der Waals surface area contributed by atoms with Crippen LogP contribution in [-0.4, -0.2) is 49.5 Å². The molecule has 150 valence electrons. The molecule has 1 saturated heterocycles. The van der Waals surface area contributed by atoms with Crippen LogP contribution in [-0.2, 0) is 13.0 Å². The van der Waals surface area contributed by atoms with E-state index in [1.807, 2.05) is 42.0 Å². The average molecular weight is 395 g/mol. The van der Waals surface area contributed by atoms with Crippen LogP contribution in [0.3, 0.4) is 0 Å². The van der Waals surface area contributed by atoms with Crippen LogP contribution in [0, 0.1) is 5.82 Å². The predicted octanol–water partition coefficient (Wildman–Crippen LogP) is 2.72. The smallest absolute Gasteiger partial charge is 0.254 e. The molecule has 29 heavy (non-hydrogen) atoms. The molecule has 8 heteroatoms. The SMILES string of the molecule is CCc1ncnc(O[C@H]2CCN(C(=O)c3ccc(Cn4ccnc4)cc3)C2)c1F. The number of carbonyl (C=O) groups is 1. The van der Waals surface area contributed by atoms with Gasteiger partial charge in [0.05, 0.1) is 18.6 Å². The molecule has 0 aliphatic carbocycles. The Morgan fingerprint density at radius 1 is 1.28 bits per heavy atom. The maximum atomic E-state index is 14.3. The maximum absolute atomic E-state index is 14.3. The number of imidazole rings is 1. The molecule has 7 nitrogen and oxygen atoms in total. The van der Waals surface area contributed by atoms with Gasteiger partial charge in [0.2, 0.25) is 5.82 Å². The van der Waals surface area contributed by atoms with Crippen LogP contribution >= 0.6 is 0 Å². The molecule has 1 atom stereocenters. The van der Waals surface area contributed by atoms with E-state index < -0.39 is 5.82 Å². The zero-order valence-corrected chi connectivity index (χ0v) is 16.2. The number of hydrogen-bond acceptors (Lipinski definition) is 5. The molecule has 3 heterocycles. The fourth-order valence-corrected chi connectivity index (χ4v) is 3.41. The van der Waals surface area contributed by atoms with Crippen molar-refractivity contribution in [3.05, 3.63) is 72.0 Å². The minimum Gasteiger partial charge on any atom is -0.470 e. The van der Waals surface area contributed by atoms with Crippen molar-refractivity contribution in [2.24, 2.45) is 0 Å². The number of hydrogen-bond donors (Lipinski definition) is 0. The largest absolute Gasteiger partial charge is 0.470 e. The fraction of sp³-hybridized carbons (Fsp3) is 0.333. The van der Waals surface area contributed by atoms with Gasteiger partial charge in [0.15, 0.2) is 0 Å². The number of likely N-dealkylation sites (tertiary alicyclic amines) is 1. The van der Waals surface area contributed by atoms with Gasteiger partial charge >= 0.3 is 0 Å². The van der Waals surface area contributed by atoms with Gasteiger partial charge in [0, 0.05) is 37.5 Å². The Labute approximate surface area is 168 Å². The summed E-state index contributed by atoms with van der Waals surface area (Å²) < 4.78 is 22.0. The summed E-state index contributed by atoms with van der Waals surface area (Å²) in [5, 5.41) is 0. The molecule has 1 fully saturated rings. The highest BCUT2D eigenvalue weighted by molar-refractivity contribution is 5.94. The van der Waals surface area contributed by atoms with Gasteiger partial charge in [-0.2, -0.15) is 9.37 Å². The fourth-order valence-electron chi connectivity index (χ4n) is 3.41. The molecule has 4 rings (SSSR count). The normalized spacial score (nSPS) is 16.2. The third kappa shape index (κ3) is 4.26. The topological polar surface area (TPSA) is 73.1 Å². The number of benzene rings is 1. The van der Waals surface area contributed by atoms with E-state index in [1.54, 1.807) is 17.4 Å². The van der Waals surface area contributed by atoms with Gasteiger partial charge in [-0.25, -0.2) is 9.97 Å². The van der Waals surface area contributed by atoms with E-state index in [2.05, 4.69) is 15.0 Å². The number of amides is 1. The third-order valence-electron chi connectivity index (χ3n) is 5.00. The van der Waals surface area contributed by atoms with E-state index in [1.165, 1.54) is 6.33 Å². The molecule has 1 aliphatic rings. The van der Waals surface area contributed by atoms with Crippen LogP contribution < -0.4 is 4.74 Å². The summed E-state index contributed by atoms with van der Waals surface area (Å²) in [6.45, 7) is 3.50. The Kier molecular flexibility index (Phi) is 5.50. The monoisotopic (exact) mass is 395 g/mol. The Bertz CT molecular complexity index is 975. The molecule has 0 unspecified atom stereocenters. The molecule has 0 spiro atoms. The van der Waals surface area contributed by atoms with E-state index in [4.69, 9.17) is 4.74 Å². The van der Waals surface area contributed by atoms with E-state index in [0.29, 0.717) is 43.7 Å². The van der Waals surface area contributed by atoms with Crippen molar-refractivity contribution in [3.63, 3.8) is 0 Å². The Morgan fingerprint density at radius 2 is 2.10 bits per heavy atom. The Balaban J connectivity index is 1.37. The van der Waals surface area contributed by atoms with Crippen LogP contribution in [0.4, 0.5) is 4.39 Å². The van der Waals surface area contributed by atoms with Crippen molar-refractivity contribution in [1.82, 2.24) is 24.4 Å². The van der Waals surface area contributed by atoms with Crippen molar-refractivity contribution < 1.29 is 13.9 Å². The zero-order valence-electron chi connectivity index (χ0n) is 16.2. The average Bonchev–Trinajstić information content (AvgIpc) is 3.42. The molecule has 2 aromatic heterocycles. The highest BCUT2D eigenvalue weighted by Crippen LogP contribution is 2.22. The van der Waals surface area contributed by atoms with Gasteiger partial charge in [0.1, 0.15) is 12.4 Å². The summed E-state index contributed by atoms with van der Waals surface area (Å²) in [6, 6.07) is 7.56. The van der Waals surface area contributed by atoms with Gasteiger partial charge in [-0.3, -0.25) is 4.79 Å². The molecule has 0 bridgehead atoms. The molecule has 0 N–H and O–H groups in total. The first-order valence-electron chi connectivity index (χ1n) is 9.64. The van der Waals surface area contributed by atoms with Crippen LogP contribution in [0.5, 0.6) is 5.88 Å². The summed E-state index contributed by atoms with van der Waals surface area (Å²) in [5.41, 5.74) is 2.05. The minimum atomic E-state index is -0.520. The van der Waals surface area contributed by atoms with Gasteiger partial charge in [0.25, 0.3) is 11.8 Å². The molecule has 3 aromatic rings. The molecule has 1 aliphatic heterocycles. The van der Waals surface area contributed by atoms with Gasteiger partial charge in [-0.05, 0) is 24.1 Å². The summed E-state index contributed by atoms with van der Waals surface area (Å²) in [5.74, 6) is -0.615. The van der Waals surface area contributed by atoms with Crippen molar-refractivity contribution >= 4 is 5.91 Å². The molecule has 1 amide bonds. The third-order valence-corrected chi connectivity index (χ3v) is 5.00. The molecular formula is C21H22FN5O2. The molecule has 0 saturated carbocycles. The van der Waals surface area contributed by atoms with Gasteiger partial charge in [-0.1, -0.05) is 19.1 Å². The number of nitrogens with zero attached hydrogens (tertiary/aromatic N) is 5. The van der Waals surface area contributed by atoms with Crippen molar-refractivity contribution in [2.45, 2.75) is 32.4 Å². The van der Waals surface area contributed by atoms with Crippen molar-refractivity contribution in [3.8, 4) is 5.88 Å². The lowest BCUT2D eigenvalue weighted by Gasteiger charge is -2.17. The van der Waals surface area contributed by atoms with Crippen LogP contribution in [0.15, 0.2) is 49.3 Å². The van der Waals surface area contributed by atoms with E-state index >= 15 is 0 Å². The first kappa shape index (κ1) is 19.0. The van der Waals surface area contributed by atoms with Crippen LogP contribution in [0.1, 0.15) is 35.0 Å². The number of rotatable bonds is 6. The van der Waals surface area contributed by atoms with Crippen LogP contribution in [0.2, 0.25) is 0 Å². The summed E-state index contributed by atoms with van der Waals surface area (Å²) in [4.78, 5) is 26.4. The quantitative estimate of drug-likeness (QED) is 0.642. The predicted molar refractivity (Wildman–Crippen MR) is 104 cm³/mol. The van der Waals surface area contributed by atoms with E-state index in [9.17, 15) is 9.18 Å². The lowest BCUT2D eigenvalue weighted by atomic mass is 10.1. The zero-order chi connectivity index (χ0) is 20.2. The number of halogens is 1. The Hall–Kier alpha value is -3.29. The number of ether oxygens (including phenoxy) is 1. The number of aryl methyl sites for hydroxylation is 1. The number of aromatic nitrogens is 4. The van der Waals surface area contributed by atoms with Crippen LogP contribution in [0.25, 0.3) is 0 Å². The first-order valence-corrected chi connectivity index (χ1v) is 9.64. The van der Waals surface area contributed by atoms with Gasteiger partial charge in [-0.15, -0.1) is 0 Å². The minimum absolute atomic E-state index is 0.0417. The summed E-state index contributed by atoms with van der Waals surface area (Å²) in [6.07, 6.45) is 7.52. The molecule has 0 radical (unpaired) electrons.